The average molecular weight is 413 g/mol. The van der Waals surface area contributed by atoms with E-state index in [1.165, 1.54) is 0 Å². The lowest BCUT2D eigenvalue weighted by Gasteiger charge is -2.17. The fraction of sp³-hybridized carbons (Fsp3) is 0.350. The van der Waals surface area contributed by atoms with Gasteiger partial charge in [-0.1, -0.05) is 22.9 Å². The highest BCUT2D eigenvalue weighted by atomic mass is 79.9. The van der Waals surface area contributed by atoms with Gasteiger partial charge in [-0.25, -0.2) is 9.97 Å². The van der Waals surface area contributed by atoms with Crippen LogP contribution in [0.1, 0.15) is 41.9 Å². The van der Waals surface area contributed by atoms with Crippen LogP contribution in [0, 0.1) is 0 Å². The van der Waals surface area contributed by atoms with Crippen molar-refractivity contribution in [2.75, 3.05) is 13.1 Å². The van der Waals surface area contributed by atoms with E-state index in [-0.39, 0.29) is 11.8 Å². The number of hydrogen-bond acceptors (Lipinski definition) is 3. The number of carbonyl (C=O) groups is 1. The summed E-state index contributed by atoms with van der Waals surface area (Å²) in [5, 5.41) is 0. The molecule has 1 amide bonds. The van der Waals surface area contributed by atoms with Crippen LogP contribution >= 0.6 is 15.9 Å². The van der Waals surface area contributed by atoms with Gasteiger partial charge in [-0.15, -0.1) is 0 Å². The minimum absolute atomic E-state index is 0.0938. The number of likely N-dealkylation sites (tertiary alicyclic amines) is 1. The second-order valence-corrected chi connectivity index (χ2v) is 7.63. The number of pyridine rings is 1. The summed E-state index contributed by atoms with van der Waals surface area (Å²) in [6.45, 7) is 4.54. The van der Waals surface area contributed by atoms with Gasteiger partial charge in [0.2, 0.25) is 0 Å². The molecule has 6 heteroatoms. The smallest absolute Gasteiger partial charge is 0.253 e. The van der Waals surface area contributed by atoms with E-state index in [1.54, 1.807) is 0 Å². The molecular formula is C20H21BrN4O. The summed E-state index contributed by atoms with van der Waals surface area (Å²) < 4.78 is 3.21. The quantitative estimate of drug-likeness (QED) is 0.643. The number of imidazole rings is 1. The van der Waals surface area contributed by atoms with E-state index in [0.29, 0.717) is 6.54 Å². The first-order valence-corrected chi connectivity index (χ1v) is 9.82. The van der Waals surface area contributed by atoms with E-state index in [1.807, 2.05) is 47.5 Å². The van der Waals surface area contributed by atoms with Crippen LogP contribution in [-0.4, -0.2) is 38.4 Å². The topological polar surface area (TPSA) is 51.0 Å². The molecule has 1 atom stereocenters. The van der Waals surface area contributed by atoms with Gasteiger partial charge in [0, 0.05) is 41.8 Å². The molecule has 4 rings (SSSR count). The van der Waals surface area contributed by atoms with Gasteiger partial charge in [0.15, 0.2) is 5.65 Å². The molecule has 134 valence electrons. The largest absolute Gasteiger partial charge is 0.338 e. The summed E-state index contributed by atoms with van der Waals surface area (Å²) in [5.74, 6) is 1.41. The third kappa shape index (κ3) is 3.14. The lowest BCUT2D eigenvalue weighted by Crippen LogP contribution is -2.28. The minimum Gasteiger partial charge on any atom is -0.338 e. The third-order valence-corrected chi connectivity index (χ3v) is 5.44. The SMILES string of the molecule is CCCn1c([C@H]2CCN(C(=O)c3ccc(Br)cc3)C2)nc2cccnc21. The highest BCUT2D eigenvalue weighted by Gasteiger charge is 2.31. The zero-order valence-electron chi connectivity index (χ0n) is 14.7. The molecule has 0 spiro atoms. The van der Waals surface area contributed by atoms with Gasteiger partial charge in [0.25, 0.3) is 5.91 Å². The molecule has 1 saturated heterocycles. The number of halogens is 1. The van der Waals surface area contributed by atoms with Crippen LogP contribution in [-0.2, 0) is 6.54 Å². The lowest BCUT2D eigenvalue weighted by molar-refractivity contribution is 0.0790. The van der Waals surface area contributed by atoms with Crippen LogP contribution < -0.4 is 0 Å². The summed E-state index contributed by atoms with van der Waals surface area (Å²) in [5.41, 5.74) is 2.62. The molecule has 0 N–H and O–H groups in total. The maximum absolute atomic E-state index is 12.8. The fourth-order valence-corrected chi connectivity index (χ4v) is 3.93. The van der Waals surface area contributed by atoms with Crippen molar-refractivity contribution < 1.29 is 4.79 Å². The van der Waals surface area contributed by atoms with Crippen LogP contribution in [0.3, 0.4) is 0 Å². The number of carbonyl (C=O) groups excluding carboxylic acids is 1. The number of benzene rings is 1. The molecule has 5 nitrogen and oxygen atoms in total. The van der Waals surface area contributed by atoms with Crippen molar-refractivity contribution in [3.8, 4) is 0 Å². The number of hydrogen-bond donors (Lipinski definition) is 0. The van der Waals surface area contributed by atoms with E-state index in [4.69, 9.17) is 4.98 Å². The van der Waals surface area contributed by atoms with Crippen molar-refractivity contribution in [1.82, 2.24) is 19.4 Å². The van der Waals surface area contributed by atoms with Crippen LogP contribution in [0.25, 0.3) is 11.2 Å². The number of fused-ring (bicyclic) bond motifs is 1. The molecule has 26 heavy (non-hydrogen) atoms. The maximum atomic E-state index is 12.8. The van der Waals surface area contributed by atoms with Crippen molar-refractivity contribution in [2.45, 2.75) is 32.2 Å². The van der Waals surface area contributed by atoms with Gasteiger partial charge in [-0.2, -0.15) is 0 Å². The number of nitrogens with zero attached hydrogens (tertiary/aromatic N) is 4. The van der Waals surface area contributed by atoms with E-state index < -0.39 is 0 Å². The monoisotopic (exact) mass is 412 g/mol. The molecule has 0 bridgehead atoms. The second kappa shape index (κ2) is 7.19. The molecule has 0 radical (unpaired) electrons. The summed E-state index contributed by atoms with van der Waals surface area (Å²) in [4.78, 5) is 24.1. The zero-order chi connectivity index (χ0) is 18.1. The van der Waals surface area contributed by atoms with Gasteiger partial charge in [-0.3, -0.25) is 4.79 Å². The van der Waals surface area contributed by atoms with Crippen molar-refractivity contribution >= 4 is 33.0 Å². The second-order valence-electron chi connectivity index (χ2n) is 6.71. The molecule has 1 aliphatic heterocycles. The fourth-order valence-electron chi connectivity index (χ4n) is 3.66. The standard InChI is InChI=1S/C20H21BrN4O/c1-2-11-25-18(23-17-4-3-10-22-19(17)25)15-9-12-24(13-15)20(26)14-5-7-16(21)8-6-14/h3-8,10,15H,2,9,11-13H2,1H3/t15-/m0/s1. The molecule has 1 fully saturated rings. The Morgan fingerprint density at radius 2 is 2.08 bits per heavy atom. The molecule has 0 unspecified atom stereocenters. The third-order valence-electron chi connectivity index (χ3n) is 4.91. The minimum atomic E-state index is 0.0938. The summed E-state index contributed by atoms with van der Waals surface area (Å²) in [6, 6.07) is 11.5. The summed E-state index contributed by atoms with van der Waals surface area (Å²) in [6.07, 6.45) is 3.79. The Morgan fingerprint density at radius 1 is 1.27 bits per heavy atom. The van der Waals surface area contributed by atoms with Gasteiger partial charge in [-0.05, 0) is 49.2 Å². The number of amides is 1. The number of rotatable bonds is 4. The van der Waals surface area contributed by atoms with E-state index in [0.717, 1.165) is 53.0 Å². The normalized spacial score (nSPS) is 17.2. The molecule has 0 aliphatic carbocycles. The molecule has 1 aliphatic rings. The Kier molecular flexibility index (Phi) is 4.76. The number of aromatic nitrogens is 3. The first kappa shape index (κ1) is 17.2. The first-order valence-electron chi connectivity index (χ1n) is 9.03. The molecular weight excluding hydrogens is 392 g/mol. The van der Waals surface area contributed by atoms with Crippen LogP contribution in [0.15, 0.2) is 47.1 Å². The van der Waals surface area contributed by atoms with Gasteiger partial charge >= 0.3 is 0 Å². The van der Waals surface area contributed by atoms with Crippen LogP contribution in [0.5, 0.6) is 0 Å². The highest BCUT2D eigenvalue weighted by Crippen LogP contribution is 2.30. The first-order chi connectivity index (χ1) is 12.7. The summed E-state index contributed by atoms with van der Waals surface area (Å²) >= 11 is 3.42. The van der Waals surface area contributed by atoms with Crippen LogP contribution in [0.4, 0.5) is 0 Å². The van der Waals surface area contributed by atoms with Gasteiger partial charge in [0.1, 0.15) is 11.3 Å². The molecule has 3 heterocycles. The predicted octanol–water partition coefficient (Wildman–Crippen LogP) is 4.23. The Labute approximate surface area is 161 Å². The van der Waals surface area contributed by atoms with Crippen molar-refractivity contribution in [2.24, 2.45) is 0 Å². The molecule has 1 aromatic carbocycles. The van der Waals surface area contributed by atoms with Gasteiger partial charge in [0.05, 0.1) is 0 Å². The van der Waals surface area contributed by atoms with E-state index in [2.05, 4.69) is 32.4 Å². The molecule has 3 aromatic rings. The zero-order valence-corrected chi connectivity index (χ0v) is 16.3. The average Bonchev–Trinajstić information content (AvgIpc) is 3.27. The van der Waals surface area contributed by atoms with Gasteiger partial charge < -0.3 is 9.47 Å². The lowest BCUT2D eigenvalue weighted by atomic mass is 10.1. The van der Waals surface area contributed by atoms with E-state index in [9.17, 15) is 4.79 Å². The highest BCUT2D eigenvalue weighted by molar-refractivity contribution is 9.10. The predicted molar refractivity (Wildman–Crippen MR) is 105 cm³/mol. The number of aryl methyl sites for hydroxylation is 1. The maximum Gasteiger partial charge on any atom is 0.253 e. The van der Waals surface area contributed by atoms with Crippen molar-refractivity contribution in [1.29, 1.82) is 0 Å². The van der Waals surface area contributed by atoms with Crippen LogP contribution in [0.2, 0.25) is 0 Å². The molecule has 2 aromatic heterocycles. The Bertz CT molecular complexity index is 935. The van der Waals surface area contributed by atoms with Crippen molar-refractivity contribution in [3.05, 3.63) is 58.5 Å². The van der Waals surface area contributed by atoms with Crippen molar-refractivity contribution in [3.63, 3.8) is 0 Å². The Morgan fingerprint density at radius 3 is 2.85 bits per heavy atom. The summed E-state index contributed by atoms with van der Waals surface area (Å²) in [7, 11) is 0. The van der Waals surface area contributed by atoms with E-state index >= 15 is 0 Å². The Balaban J connectivity index is 1.59. The Hall–Kier alpha value is -2.21. The molecule has 0 saturated carbocycles.